The van der Waals surface area contributed by atoms with Gasteiger partial charge in [-0.25, -0.2) is 0 Å². The van der Waals surface area contributed by atoms with Gasteiger partial charge in [-0.05, 0) is 48.6 Å². The van der Waals surface area contributed by atoms with Crippen LogP contribution < -0.4 is 5.32 Å². The van der Waals surface area contributed by atoms with E-state index < -0.39 is 0 Å². The summed E-state index contributed by atoms with van der Waals surface area (Å²) in [5.74, 6) is 0.682. The Hall–Kier alpha value is -1.76. The molecule has 0 fully saturated rings. The predicted molar refractivity (Wildman–Crippen MR) is 77.3 cm³/mol. The van der Waals surface area contributed by atoms with Crippen molar-refractivity contribution in [3.63, 3.8) is 0 Å². The van der Waals surface area contributed by atoms with Crippen LogP contribution in [0.3, 0.4) is 0 Å². The molecule has 0 saturated carbocycles. The molecule has 0 spiro atoms. The molecule has 1 N–H and O–H groups in total. The van der Waals surface area contributed by atoms with Crippen molar-refractivity contribution in [2.75, 3.05) is 11.9 Å². The van der Waals surface area contributed by atoms with Gasteiger partial charge < -0.3 is 5.32 Å². The molecule has 0 aliphatic heterocycles. The van der Waals surface area contributed by atoms with Crippen molar-refractivity contribution in [1.29, 1.82) is 0 Å². The van der Waals surface area contributed by atoms with Crippen LogP contribution in [0.15, 0.2) is 42.5 Å². The highest BCUT2D eigenvalue weighted by Crippen LogP contribution is 2.34. The molecule has 1 atom stereocenters. The van der Waals surface area contributed by atoms with E-state index in [1.54, 1.807) is 0 Å². The summed E-state index contributed by atoms with van der Waals surface area (Å²) in [5, 5.41) is 3.60. The summed E-state index contributed by atoms with van der Waals surface area (Å²) in [6.45, 7) is 5.35. The second-order valence-electron chi connectivity index (χ2n) is 5.30. The first kappa shape index (κ1) is 11.3. The molecule has 1 unspecified atom stereocenters. The zero-order valence-corrected chi connectivity index (χ0v) is 11.0. The number of aryl methyl sites for hydroxylation is 2. The van der Waals surface area contributed by atoms with Gasteiger partial charge in [-0.2, -0.15) is 0 Å². The average molecular weight is 237 g/mol. The van der Waals surface area contributed by atoms with Gasteiger partial charge in [0.2, 0.25) is 0 Å². The molecule has 1 heteroatoms. The molecule has 0 saturated heterocycles. The van der Waals surface area contributed by atoms with Crippen LogP contribution in [0.2, 0.25) is 0 Å². The minimum atomic E-state index is 0.682. The first-order valence-electron chi connectivity index (χ1n) is 6.63. The lowest BCUT2D eigenvalue weighted by Crippen LogP contribution is -2.24. The Balaban J connectivity index is 1.68. The van der Waals surface area contributed by atoms with Crippen LogP contribution >= 0.6 is 0 Å². The van der Waals surface area contributed by atoms with Crippen molar-refractivity contribution in [3.05, 3.63) is 64.7 Å². The molecule has 0 aromatic heterocycles. The molecule has 2 aromatic rings. The van der Waals surface area contributed by atoms with Crippen molar-refractivity contribution in [3.8, 4) is 0 Å². The topological polar surface area (TPSA) is 12.0 Å². The molecule has 92 valence electrons. The minimum Gasteiger partial charge on any atom is -0.384 e. The molecule has 3 rings (SSSR count). The monoisotopic (exact) mass is 237 g/mol. The molecular formula is C17H19N. The highest BCUT2D eigenvalue weighted by Gasteiger charge is 2.24. The predicted octanol–water partition coefficient (Wildman–Crippen LogP) is 4.06. The van der Waals surface area contributed by atoms with Crippen LogP contribution in [-0.2, 0) is 6.42 Å². The van der Waals surface area contributed by atoms with Crippen molar-refractivity contribution in [2.24, 2.45) is 0 Å². The van der Waals surface area contributed by atoms with Gasteiger partial charge in [0.25, 0.3) is 0 Å². The van der Waals surface area contributed by atoms with Gasteiger partial charge in [-0.3, -0.25) is 0 Å². The van der Waals surface area contributed by atoms with Gasteiger partial charge in [-0.1, -0.05) is 36.4 Å². The molecule has 1 nitrogen and oxygen atoms in total. The summed E-state index contributed by atoms with van der Waals surface area (Å²) in [7, 11) is 0. The molecule has 0 radical (unpaired) electrons. The van der Waals surface area contributed by atoms with E-state index in [1.807, 2.05) is 0 Å². The fourth-order valence-electron chi connectivity index (χ4n) is 2.70. The van der Waals surface area contributed by atoms with Gasteiger partial charge in [0, 0.05) is 18.2 Å². The molecule has 1 aliphatic carbocycles. The van der Waals surface area contributed by atoms with Crippen LogP contribution in [0.5, 0.6) is 0 Å². The minimum absolute atomic E-state index is 0.682. The highest BCUT2D eigenvalue weighted by atomic mass is 14.9. The number of rotatable bonds is 3. The molecular weight excluding hydrogens is 218 g/mol. The maximum Gasteiger partial charge on any atom is 0.0372 e. The lowest BCUT2D eigenvalue weighted by molar-refractivity contribution is 0.635. The van der Waals surface area contributed by atoms with E-state index in [0.29, 0.717) is 5.92 Å². The van der Waals surface area contributed by atoms with E-state index in [1.165, 1.54) is 34.4 Å². The summed E-state index contributed by atoms with van der Waals surface area (Å²) in [6.07, 6.45) is 1.22. The van der Waals surface area contributed by atoms with Gasteiger partial charge in [0.15, 0.2) is 0 Å². The first-order chi connectivity index (χ1) is 8.74. The first-order valence-corrected chi connectivity index (χ1v) is 6.63. The Morgan fingerprint density at radius 1 is 1.11 bits per heavy atom. The van der Waals surface area contributed by atoms with Gasteiger partial charge in [-0.15, -0.1) is 0 Å². The number of anilines is 1. The van der Waals surface area contributed by atoms with E-state index >= 15 is 0 Å². The van der Waals surface area contributed by atoms with E-state index in [-0.39, 0.29) is 0 Å². The molecule has 0 bridgehead atoms. The van der Waals surface area contributed by atoms with Gasteiger partial charge >= 0.3 is 0 Å². The van der Waals surface area contributed by atoms with Crippen LogP contribution in [0.25, 0.3) is 0 Å². The molecule has 0 heterocycles. The summed E-state index contributed by atoms with van der Waals surface area (Å²) in [5.41, 5.74) is 6.96. The molecule has 0 amide bonds. The van der Waals surface area contributed by atoms with E-state index in [9.17, 15) is 0 Å². The lowest BCUT2D eigenvalue weighted by atomic mass is 9.77. The highest BCUT2D eigenvalue weighted by molar-refractivity contribution is 5.53. The second-order valence-corrected chi connectivity index (χ2v) is 5.30. The lowest BCUT2D eigenvalue weighted by Gasteiger charge is -2.30. The Morgan fingerprint density at radius 2 is 1.94 bits per heavy atom. The van der Waals surface area contributed by atoms with Crippen molar-refractivity contribution in [1.82, 2.24) is 0 Å². The normalized spacial score (nSPS) is 16.9. The van der Waals surface area contributed by atoms with Crippen molar-refractivity contribution < 1.29 is 0 Å². The van der Waals surface area contributed by atoms with Crippen molar-refractivity contribution in [2.45, 2.75) is 26.2 Å². The fourth-order valence-corrected chi connectivity index (χ4v) is 2.70. The number of fused-ring (bicyclic) bond motifs is 1. The molecule has 1 aliphatic rings. The third-order valence-electron chi connectivity index (χ3n) is 3.89. The third kappa shape index (κ3) is 2.01. The average Bonchev–Trinajstić information content (AvgIpc) is 2.34. The van der Waals surface area contributed by atoms with E-state index in [4.69, 9.17) is 0 Å². The summed E-state index contributed by atoms with van der Waals surface area (Å²) < 4.78 is 0. The fraction of sp³-hybridized carbons (Fsp3) is 0.294. The summed E-state index contributed by atoms with van der Waals surface area (Å²) >= 11 is 0. The zero-order chi connectivity index (χ0) is 12.5. The smallest absolute Gasteiger partial charge is 0.0372 e. The maximum atomic E-state index is 3.60. The summed E-state index contributed by atoms with van der Waals surface area (Å²) in [4.78, 5) is 0. The van der Waals surface area contributed by atoms with Crippen LogP contribution in [0.4, 0.5) is 5.69 Å². The quantitative estimate of drug-likeness (QED) is 0.849. The number of benzene rings is 2. The van der Waals surface area contributed by atoms with Crippen molar-refractivity contribution >= 4 is 5.69 Å². The van der Waals surface area contributed by atoms with E-state index in [2.05, 4.69) is 61.6 Å². The number of nitrogens with one attached hydrogen (secondary N) is 1. The Labute approximate surface area is 109 Å². The third-order valence-corrected chi connectivity index (χ3v) is 3.89. The molecule has 2 aromatic carbocycles. The maximum absolute atomic E-state index is 3.60. The Morgan fingerprint density at radius 3 is 2.78 bits per heavy atom. The van der Waals surface area contributed by atoms with Gasteiger partial charge in [0.05, 0.1) is 0 Å². The Bertz CT molecular complexity index is 572. The van der Waals surface area contributed by atoms with Crippen LogP contribution in [-0.4, -0.2) is 6.54 Å². The van der Waals surface area contributed by atoms with Crippen LogP contribution in [0, 0.1) is 13.8 Å². The number of hydrogen-bond donors (Lipinski definition) is 1. The Kier molecular flexibility index (Phi) is 2.83. The van der Waals surface area contributed by atoms with Gasteiger partial charge in [0.1, 0.15) is 0 Å². The van der Waals surface area contributed by atoms with Crippen LogP contribution in [0.1, 0.15) is 28.2 Å². The standard InChI is InChI=1S/C17H19N/c1-12-7-8-13(2)17(9-12)18-11-15-10-14-5-3-4-6-16(14)15/h3-9,15,18H,10-11H2,1-2H3. The van der Waals surface area contributed by atoms with E-state index in [0.717, 1.165) is 6.54 Å². The SMILES string of the molecule is Cc1ccc(C)c(NCC2Cc3ccccc32)c1. The number of hydrogen-bond acceptors (Lipinski definition) is 1. The largest absolute Gasteiger partial charge is 0.384 e. The summed E-state index contributed by atoms with van der Waals surface area (Å²) in [6, 6.07) is 15.4. The molecule has 18 heavy (non-hydrogen) atoms. The zero-order valence-electron chi connectivity index (χ0n) is 11.0. The second kappa shape index (κ2) is 4.49.